The molecule has 3 nitrogen and oxygen atoms in total. The molecule has 2 saturated carbocycles. The Morgan fingerprint density at radius 1 is 1.21 bits per heavy atom. The molecule has 0 radical (unpaired) electrons. The summed E-state index contributed by atoms with van der Waals surface area (Å²) >= 11 is 0. The molecule has 2 aliphatic rings. The predicted octanol–water partition coefficient (Wildman–Crippen LogP) is 3.30. The van der Waals surface area contributed by atoms with Gasteiger partial charge in [-0.2, -0.15) is 0 Å². The van der Waals surface area contributed by atoms with Gasteiger partial charge in [-0.25, -0.2) is 0 Å². The lowest BCUT2D eigenvalue weighted by molar-refractivity contribution is 0.172. The average Bonchev–Trinajstić information content (AvgIpc) is 3.18. The van der Waals surface area contributed by atoms with E-state index in [2.05, 4.69) is 23.3 Å². The number of rotatable bonds is 6. The maximum absolute atomic E-state index is 5.70. The van der Waals surface area contributed by atoms with E-state index in [0.717, 1.165) is 30.9 Å². The summed E-state index contributed by atoms with van der Waals surface area (Å²) in [6.07, 6.45) is 11.4. The van der Waals surface area contributed by atoms with Crippen molar-refractivity contribution in [1.29, 1.82) is 0 Å². The maximum atomic E-state index is 5.70. The summed E-state index contributed by atoms with van der Waals surface area (Å²) in [4.78, 5) is 2.48. The van der Waals surface area contributed by atoms with Crippen LogP contribution >= 0.6 is 0 Å². The van der Waals surface area contributed by atoms with Crippen molar-refractivity contribution in [2.45, 2.75) is 70.1 Å². The highest BCUT2D eigenvalue weighted by molar-refractivity contribution is 5.17. The third kappa shape index (κ3) is 3.61. The van der Waals surface area contributed by atoms with E-state index >= 15 is 0 Å². The van der Waals surface area contributed by atoms with E-state index < -0.39 is 0 Å². The van der Waals surface area contributed by atoms with Crippen molar-refractivity contribution >= 4 is 0 Å². The van der Waals surface area contributed by atoms with E-state index in [-0.39, 0.29) is 0 Å². The third-order valence-electron chi connectivity index (χ3n) is 4.59. The van der Waals surface area contributed by atoms with E-state index in [1.165, 1.54) is 50.5 Å². The van der Waals surface area contributed by atoms with Crippen LogP contribution in [-0.2, 0) is 13.1 Å². The molecule has 2 aliphatic carbocycles. The summed E-state index contributed by atoms with van der Waals surface area (Å²) in [6.45, 7) is 1.92. The molecule has 0 spiro atoms. The summed E-state index contributed by atoms with van der Waals surface area (Å²) in [5.74, 6) is 1.15. The fraction of sp³-hybridized carbons (Fsp3) is 0.750. The van der Waals surface area contributed by atoms with Crippen molar-refractivity contribution in [1.82, 2.24) is 10.2 Å². The van der Waals surface area contributed by atoms with Crippen molar-refractivity contribution in [3.63, 3.8) is 0 Å². The number of nitrogens with one attached hydrogen (secondary N) is 1. The SMILES string of the molecule is CN(Cc1occc1CNC1CC1)C1CCCCC1. The first kappa shape index (κ1) is 13.2. The molecule has 2 fully saturated rings. The molecule has 0 bridgehead atoms. The van der Waals surface area contributed by atoms with Gasteiger partial charge in [0.1, 0.15) is 5.76 Å². The minimum absolute atomic E-state index is 0.753. The van der Waals surface area contributed by atoms with Gasteiger partial charge in [-0.1, -0.05) is 19.3 Å². The summed E-state index contributed by atoms with van der Waals surface area (Å²) in [7, 11) is 2.25. The number of hydrogen-bond donors (Lipinski definition) is 1. The molecule has 0 aromatic carbocycles. The first-order valence-corrected chi connectivity index (χ1v) is 7.82. The Morgan fingerprint density at radius 2 is 2.00 bits per heavy atom. The zero-order valence-corrected chi connectivity index (χ0v) is 12.0. The lowest BCUT2D eigenvalue weighted by Crippen LogP contribution is -2.33. The number of furan rings is 1. The minimum atomic E-state index is 0.753. The Kier molecular flexibility index (Phi) is 4.24. The average molecular weight is 262 g/mol. The molecular weight excluding hydrogens is 236 g/mol. The highest BCUT2D eigenvalue weighted by atomic mass is 16.3. The molecule has 3 rings (SSSR count). The van der Waals surface area contributed by atoms with Crippen LogP contribution in [0.1, 0.15) is 56.3 Å². The Morgan fingerprint density at radius 3 is 2.74 bits per heavy atom. The fourth-order valence-electron chi connectivity index (χ4n) is 3.08. The van der Waals surface area contributed by atoms with Crippen molar-refractivity contribution in [2.75, 3.05) is 7.05 Å². The first-order chi connectivity index (χ1) is 9.33. The van der Waals surface area contributed by atoms with Crippen molar-refractivity contribution < 1.29 is 4.42 Å². The maximum Gasteiger partial charge on any atom is 0.122 e. The van der Waals surface area contributed by atoms with Crippen LogP contribution < -0.4 is 5.32 Å². The molecule has 0 saturated heterocycles. The standard InChI is InChI=1S/C16H26N2O/c1-18(15-5-3-2-4-6-15)12-16-13(9-10-19-16)11-17-14-7-8-14/h9-10,14-15,17H,2-8,11-12H2,1H3. The van der Waals surface area contributed by atoms with Crippen LogP contribution in [0.3, 0.4) is 0 Å². The van der Waals surface area contributed by atoms with Gasteiger partial charge in [-0.3, -0.25) is 4.90 Å². The van der Waals surface area contributed by atoms with Gasteiger partial charge in [0, 0.05) is 24.2 Å². The highest BCUT2D eigenvalue weighted by Crippen LogP contribution is 2.24. The van der Waals surface area contributed by atoms with E-state index in [1.807, 2.05) is 6.26 Å². The lowest BCUT2D eigenvalue weighted by atomic mass is 9.94. The van der Waals surface area contributed by atoms with E-state index in [1.54, 1.807) is 0 Å². The molecule has 0 aliphatic heterocycles. The Labute approximate surface area is 116 Å². The Balaban J connectivity index is 1.54. The molecule has 1 N–H and O–H groups in total. The van der Waals surface area contributed by atoms with Crippen LogP contribution in [0.25, 0.3) is 0 Å². The van der Waals surface area contributed by atoms with Crippen molar-refractivity contribution in [3.05, 3.63) is 23.7 Å². The molecule has 1 heterocycles. The van der Waals surface area contributed by atoms with Gasteiger partial charge in [0.15, 0.2) is 0 Å². The summed E-state index contributed by atoms with van der Waals surface area (Å²) < 4.78 is 5.70. The van der Waals surface area contributed by atoms with Crippen LogP contribution in [0.15, 0.2) is 16.7 Å². The molecular formula is C16H26N2O. The van der Waals surface area contributed by atoms with Crippen LogP contribution in [0, 0.1) is 0 Å². The van der Waals surface area contributed by atoms with Crippen molar-refractivity contribution in [3.8, 4) is 0 Å². The summed E-state index contributed by atoms with van der Waals surface area (Å²) in [5, 5.41) is 3.57. The molecule has 106 valence electrons. The Bertz CT molecular complexity index is 391. The second-order valence-electron chi connectivity index (χ2n) is 6.23. The first-order valence-electron chi connectivity index (χ1n) is 7.82. The molecule has 0 amide bonds. The van der Waals surface area contributed by atoms with E-state index in [4.69, 9.17) is 4.42 Å². The van der Waals surface area contributed by atoms with Gasteiger partial charge in [0.25, 0.3) is 0 Å². The van der Waals surface area contributed by atoms with E-state index in [9.17, 15) is 0 Å². The predicted molar refractivity (Wildman–Crippen MR) is 76.9 cm³/mol. The summed E-state index contributed by atoms with van der Waals surface area (Å²) in [6, 6.07) is 3.64. The topological polar surface area (TPSA) is 28.4 Å². The largest absolute Gasteiger partial charge is 0.468 e. The quantitative estimate of drug-likeness (QED) is 0.852. The van der Waals surface area contributed by atoms with Crippen LogP contribution in [0.2, 0.25) is 0 Å². The van der Waals surface area contributed by atoms with Gasteiger partial charge >= 0.3 is 0 Å². The third-order valence-corrected chi connectivity index (χ3v) is 4.59. The van der Waals surface area contributed by atoms with Gasteiger partial charge in [0.05, 0.1) is 12.8 Å². The summed E-state index contributed by atoms with van der Waals surface area (Å²) in [5.41, 5.74) is 1.34. The molecule has 1 aromatic heterocycles. The second kappa shape index (κ2) is 6.10. The molecule has 1 aromatic rings. The van der Waals surface area contributed by atoms with Gasteiger partial charge in [-0.15, -0.1) is 0 Å². The number of hydrogen-bond acceptors (Lipinski definition) is 3. The van der Waals surface area contributed by atoms with Gasteiger partial charge in [-0.05, 0) is 38.8 Å². The van der Waals surface area contributed by atoms with Crippen molar-refractivity contribution in [2.24, 2.45) is 0 Å². The second-order valence-corrected chi connectivity index (χ2v) is 6.23. The zero-order chi connectivity index (χ0) is 13.1. The lowest BCUT2D eigenvalue weighted by Gasteiger charge is -2.30. The molecule has 0 atom stereocenters. The zero-order valence-electron chi connectivity index (χ0n) is 12.0. The smallest absolute Gasteiger partial charge is 0.122 e. The number of nitrogens with zero attached hydrogens (tertiary/aromatic N) is 1. The minimum Gasteiger partial charge on any atom is -0.468 e. The fourth-order valence-corrected chi connectivity index (χ4v) is 3.08. The Hall–Kier alpha value is -0.800. The monoisotopic (exact) mass is 262 g/mol. The van der Waals surface area contributed by atoms with E-state index in [0.29, 0.717) is 0 Å². The molecule has 0 unspecified atom stereocenters. The van der Waals surface area contributed by atoms with Gasteiger partial charge in [0.2, 0.25) is 0 Å². The van der Waals surface area contributed by atoms with Crippen LogP contribution in [0.4, 0.5) is 0 Å². The van der Waals surface area contributed by atoms with Crippen LogP contribution in [0.5, 0.6) is 0 Å². The normalized spacial score (nSPS) is 21.2. The molecule has 19 heavy (non-hydrogen) atoms. The highest BCUT2D eigenvalue weighted by Gasteiger charge is 2.22. The van der Waals surface area contributed by atoms with Gasteiger partial charge < -0.3 is 9.73 Å². The molecule has 3 heteroatoms. The van der Waals surface area contributed by atoms with Crippen LogP contribution in [-0.4, -0.2) is 24.0 Å².